The van der Waals surface area contributed by atoms with Gasteiger partial charge >= 0.3 is 5.97 Å². The van der Waals surface area contributed by atoms with E-state index in [0.29, 0.717) is 12.3 Å². The van der Waals surface area contributed by atoms with Crippen LogP contribution in [0.2, 0.25) is 0 Å². The molecule has 74 valence electrons. The maximum absolute atomic E-state index is 10.7. The molecule has 14 heavy (non-hydrogen) atoms. The lowest BCUT2D eigenvalue weighted by Gasteiger charge is -2.04. The lowest BCUT2D eigenvalue weighted by Crippen LogP contribution is -2.26. The number of hydrogen-bond acceptors (Lipinski definition) is 4. The highest BCUT2D eigenvalue weighted by molar-refractivity contribution is 5.81. The minimum absolute atomic E-state index is 0.474. The van der Waals surface area contributed by atoms with Gasteiger partial charge in [-0.25, -0.2) is 9.78 Å². The van der Waals surface area contributed by atoms with E-state index in [2.05, 4.69) is 10.3 Å². The summed E-state index contributed by atoms with van der Waals surface area (Å²) in [5, 5.41) is 11.7. The molecule has 0 aliphatic carbocycles. The van der Waals surface area contributed by atoms with Crippen LogP contribution in [0.25, 0.3) is 0 Å². The maximum atomic E-state index is 10.7. The number of methoxy groups -OCH3 is 1. The summed E-state index contributed by atoms with van der Waals surface area (Å²) in [5.74, 6) is -0.359. The Morgan fingerprint density at radius 2 is 2.57 bits per heavy atom. The minimum Gasteiger partial charge on any atom is -0.481 e. The van der Waals surface area contributed by atoms with Gasteiger partial charge in [-0.3, -0.25) is 0 Å². The number of aliphatic carboxylic acids is 1. The van der Waals surface area contributed by atoms with Gasteiger partial charge in [0.25, 0.3) is 0 Å². The monoisotopic (exact) mass is 194 g/mol. The van der Waals surface area contributed by atoms with Crippen molar-refractivity contribution in [1.29, 1.82) is 0 Å². The average molecular weight is 194 g/mol. The van der Waals surface area contributed by atoms with Gasteiger partial charge in [0.2, 0.25) is 5.88 Å². The molecule has 1 aliphatic rings. The number of carboxylic acid groups (broad SMARTS) is 1. The third kappa shape index (κ3) is 1.37. The van der Waals surface area contributed by atoms with Crippen LogP contribution in [0.3, 0.4) is 0 Å². The molecule has 5 heteroatoms. The molecule has 0 spiro atoms. The Balaban J connectivity index is 2.27. The van der Waals surface area contributed by atoms with Crippen LogP contribution < -0.4 is 10.1 Å². The van der Waals surface area contributed by atoms with Crippen LogP contribution in [-0.4, -0.2) is 29.2 Å². The molecule has 1 unspecified atom stereocenters. The number of nitrogens with zero attached hydrogens (tertiary/aromatic N) is 1. The van der Waals surface area contributed by atoms with E-state index in [4.69, 9.17) is 9.84 Å². The Morgan fingerprint density at radius 3 is 3.21 bits per heavy atom. The van der Waals surface area contributed by atoms with Crippen molar-refractivity contribution >= 4 is 11.7 Å². The molecule has 0 radical (unpaired) electrons. The fourth-order valence-electron chi connectivity index (χ4n) is 1.48. The van der Waals surface area contributed by atoms with Gasteiger partial charge in [-0.1, -0.05) is 0 Å². The molecule has 2 N–H and O–H groups in total. The molecule has 0 amide bonds. The number of pyridine rings is 1. The largest absolute Gasteiger partial charge is 0.481 e. The van der Waals surface area contributed by atoms with Crippen molar-refractivity contribution in [1.82, 2.24) is 4.98 Å². The average Bonchev–Trinajstić information content (AvgIpc) is 2.59. The number of anilines is 1. The second kappa shape index (κ2) is 3.17. The molecule has 2 rings (SSSR count). The third-order valence-corrected chi connectivity index (χ3v) is 2.22. The lowest BCUT2D eigenvalue weighted by atomic mass is 10.1. The van der Waals surface area contributed by atoms with E-state index < -0.39 is 12.0 Å². The van der Waals surface area contributed by atoms with Gasteiger partial charge < -0.3 is 15.2 Å². The van der Waals surface area contributed by atoms with Crippen LogP contribution >= 0.6 is 0 Å². The zero-order valence-corrected chi connectivity index (χ0v) is 7.65. The summed E-state index contributed by atoms with van der Waals surface area (Å²) in [5.41, 5.74) is 1.71. The first-order valence-electron chi connectivity index (χ1n) is 4.23. The van der Waals surface area contributed by atoms with Gasteiger partial charge in [-0.05, 0) is 5.56 Å². The van der Waals surface area contributed by atoms with Crippen molar-refractivity contribution in [2.75, 3.05) is 12.4 Å². The molecule has 0 fully saturated rings. The standard InChI is InChI=1S/C9H10N2O3/c1-14-8-3-6-5(4-10-8)2-7(11-6)9(12)13/h3-4,7,11H,2H2,1H3,(H,12,13). The fraction of sp³-hybridized carbons (Fsp3) is 0.333. The van der Waals surface area contributed by atoms with E-state index in [1.54, 1.807) is 12.3 Å². The number of aromatic nitrogens is 1. The van der Waals surface area contributed by atoms with Crippen molar-refractivity contribution < 1.29 is 14.6 Å². The van der Waals surface area contributed by atoms with Crippen molar-refractivity contribution in [3.63, 3.8) is 0 Å². The third-order valence-electron chi connectivity index (χ3n) is 2.22. The van der Waals surface area contributed by atoms with Gasteiger partial charge in [-0.2, -0.15) is 0 Å². The molecule has 0 bridgehead atoms. The maximum Gasteiger partial charge on any atom is 0.326 e. The van der Waals surface area contributed by atoms with E-state index in [-0.39, 0.29) is 0 Å². The molecule has 0 aromatic carbocycles. The molecular formula is C9H10N2O3. The van der Waals surface area contributed by atoms with Crippen LogP contribution in [0.4, 0.5) is 5.69 Å². The summed E-state index contributed by atoms with van der Waals surface area (Å²) in [4.78, 5) is 14.7. The SMILES string of the molecule is COc1cc2c(cn1)CC(C(=O)O)N2. The minimum atomic E-state index is -0.847. The predicted molar refractivity (Wildman–Crippen MR) is 49.5 cm³/mol. The van der Waals surface area contributed by atoms with Crippen LogP contribution in [0.5, 0.6) is 5.88 Å². The van der Waals surface area contributed by atoms with E-state index in [0.717, 1.165) is 11.3 Å². The Hall–Kier alpha value is -1.78. The molecule has 5 nitrogen and oxygen atoms in total. The fourth-order valence-corrected chi connectivity index (χ4v) is 1.48. The zero-order chi connectivity index (χ0) is 10.1. The normalized spacial score (nSPS) is 18.5. The van der Waals surface area contributed by atoms with Crippen LogP contribution in [0, 0.1) is 0 Å². The molecule has 1 aromatic rings. The van der Waals surface area contributed by atoms with Crippen LogP contribution in [-0.2, 0) is 11.2 Å². The Kier molecular flexibility index (Phi) is 1.99. The Labute approximate surface area is 80.7 Å². The number of carboxylic acids is 1. The molecule has 1 atom stereocenters. The van der Waals surface area contributed by atoms with Crippen molar-refractivity contribution in [3.05, 3.63) is 17.8 Å². The first-order valence-corrected chi connectivity index (χ1v) is 4.23. The second-order valence-electron chi connectivity index (χ2n) is 3.12. The molecule has 0 saturated heterocycles. The zero-order valence-electron chi connectivity index (χ0n) is 7.65. The van der Waals surface area contributed by atoms with E-state index in [1.807, 2.05) is 0 Å². The van der Waals surface area contributed by atoms with Gasteiger partial charge in [0.05, 0.1) is 7.11 Å². The second-order valence-corrected chi connectivity index (χ2v) is 3.12. The van der Waals surface area contributed by atoms with Gasteiger partial charge in [0.1, 0.15) is 6.04 Å². The number of hydrogen-bond donors (Lipinski definition) is 2. The number of carbonyl (C=O) groups is 1. The number of rotatable bonds is 2. The van der Waals surface area contributed by atoms with Gasteiger partial charge in [-0.15, -0.1) is 0 Å². The molecular weight excluding hydrogens is 184 g/mol. The Bertz CT molecular complexity index is 378. The quantitative estimate of drug-likeness (QED) is 0.717. The van der Waals surface area contributed by atoms with Crippen molar-refractivity contribution in [2.45, 2.75) is 12.5 Å². The highest BCUT2D eigenvalue weighted by atomic mass is 16.5. The number of ether oxygens (including phenoxy) is 1. The first kappa shape index (κ1) is 8.80. The molecule has 2 heterocycles. The van der Waals surface area contributed by atoms with E-state index >= 15 is 0 Å². The highest BCUT2D eigenvalue weighted by Crippen LogP contribution is 2.27. The smallest absolute Gasteiger partial charge is 0.326 e. The van der Waals surface area contributed by atoms with Crippen molar-refractivity contribution in [3.8, 4) is 5.88 Å². The Morgan fingerprint density at radius 1 is 1.79 bits per heavy atom. The van der Waals surface area contributed by atoms with Crippen molar-refractivity contribution in [2.24, 2.45) is 0 Å². The summed E-state index contributed by atoms with van der Waals surface area (Å²) in [6, 6.07) is 1.16. The summed E-state index contributed by atoms with van der Waals surface area (Å²) in [6.45, 7) is 0. The predicted octanol–water partition coefficient (Wildman–Crippen LogP) is 0.511. The summed E-state index contributed by atoms with van der Waals surface area (Å²) in [7, 11) is 1.53. The topological polar surface area (TPSA) is 71.5 Å². The number of fused-ring (bicyclic) bond motifs is 1. The van der Waals surface area contributed by atoms with Crippen LogP contribution in [0.1, 0.15) is 5.56 Å². The summed E-state index contributed by atoms with van der Waals surface area (Å²) >= 11 is 0. The highest BCUT2D eigenvalue weighted by Gasteiger charge is 2.26. The lowest BCUT2D eigenvalue weighted by molar-refractivity contribution is -0.137. The van der Waals surface area contributed by atoms with Gasteiger partial charge in [0, 0.05) is 24.4 Å². The molecule has 0 saturated carbocycles. The summed E-state index contributed by atoms with van der Waals surface area (Å²) < 4.78 is 4.94. The van der Waals surface area contributed by atoms with E-state index in [1.165, 1.54) is 7.11 Å². The van der Waals surface area contributed by atoms with E-state index in [9.17, 15) is 4.79 Å². The molecule has 1 aromatic heterocycles. The van der Waals surface area contributed by atoms with Gasteiger partial charge in [0.15, 0.2) is 0 Å². The summed E-state index contributed by atoms with van der Waals surface area (Å²) in [6.07, 6.45) is 2.12. The number of nitrogens with one attached hydrogen (secondary N) is 1. The first-order chi connectivity index (χ1) is 6.70. The molecule has 1 aliphatic heterocycles. The van der Waals surface area contributed by atoms with Crippen LogP contribution in [0.15, 0.2) is 12.3 Å².